The molecule has 0 amide bonds. The van der Waals surface area contributed by atoms with Gasteiger partial charge >= 0.3 is 0 Å². The standard InChI is InChI=1S/C19H18FNO2/c1-2-22-19(18-11-12-23-21-18)13-14-7-9-15(10-8-14)16-5-3-4-6-17(16)20/h3-12,19H,2,13H2,1H3. The first-order valence-electron chi connectivity index (χ1n) is 7.63. The van der Waals surface area contributed by atoms with E-state index in [-0.39, 0.29) is 11.9 Å². The fourth-order valence-corrected chi connectivity index (χ4v) is 2.57. The Labute approximate surface area is 134 Å². The number of halogens is 1. The van der Waals surface area contributed by atoms with Crippen molar-refractivity contribution in [2.75, 3.05) is 6.61 Å². The van der Waals surface area contributed by atoms with E-state index in [2.05, 4.69) is 5.16 Å². The van der Waals surface area contributed by atoms with E-state index in [1.807, 2.05) is 43.3 Å². The zero-order chi connectivity index (χ0) is 16.1. The third-order valence-corrected chi connectivity index (χ3v) is 3.72. The number of hydrogen-bond donors (Lipinski definition) is 0. The topological polar surface area (TPSA) is 35.3 Å². The van der Waals surface area contributed by atoms with E-state index in [1.165, 1.54) is 6.07 Å². The molecule has 3 nitrogen and oxygen atoms in total. The molecule has 3 rings (SSSR count). The molecule has 0 saturated carbocycles. The summed E-state index contributed by atoms with van der Waals surface area (Å²) in [6.07, 6.45) is 2.10. The quantitative estimate of drug-likeness (QED) is 0.656. The second-order valence-corrected chi connectivity index (χ2v) is 5.25. The van der Waals surface area contributed by atoms with E-state index in [0.29, 0.717) is 18.6 Å². The molecule has 0 N–H and O–H groups in total. The third-order valence-electron chi connectivity index (χ3n) is 3.72. The summed E-state index contributed by atoms with van der Waals surface area (Å²) in [6.45, 7) is 2.55. The fraction of sp³-hybridized carbons (Fsp3) is 0.211. The van der Waals surface area contributed by atoms with Crippen LogP contribution in [0.1, 0.15) is 24.3 Å². The molecule has 3 aromatic rings. The Hall–Kier alpha value is -2.46. The van der Waals surface area contributed by atoms with Gasteiger partial charge in [0.05, 0.1) is 0 Å². The molecule has 118 valence electrons. The van der Waals surface area contributed by atoms with Crippen LogP contribution in [0.25, 0.3) is 11.1 Å². The van der Waals surface area contributed by atoms with Gasteiger partial charge in [-0.3, -0.25) is 0 Å². The van der Waals surface area contributed by atoms with E-state index in [1.54, 1.807) is 18.4 Å². The van der Waals surface area contributed by atoms with Crippen molar-refractivity contribution in [3.8, 4) is 11.1 Å². The highest BCUT2D eigenvalue weighted by atomic mass is 19.1. The monoisotopic (exact) mass is 311 g/mol. The number of aromatic nitrogens is 1. The molecule has 0 fully saturated rings. The molecule has 0 spiro atoms. The maximum atomic E-state index is 13.8. The van der Waals surface area contributed by atoms with Gasteiger partial charge in [0.25, 0.3) is 0 Å². The van der Waals surface area contributed by atoms with E-state index < -0.39 is 0 Å². The van der Waals surface area contributed by atoms with E-state index >= 15 is 0 Å². The van der Waals surface area contributed by atoms with Gasteiger partial charge in [-0.05, 0) is 24.1 Å². The van der Waals surface area contributed by atoms with Crippen LogP contribution in [0.3, 0.4) is 0 Å². The molecule has 2 aromatic carbocycles. The number of benzene rings is 2. The summed E-state index contributed by atoms with van der Waals surface area (Å²) in [5, 5.41) is 3.96. The minimum atomic E-state index is -0.213. The molecule has 1 heterocycles. The lowest BCUT2D eigenvalue weighted by atomic mass is 10.0. The Balaban J connectivity index is 1.78. The number of hydrogen-bond acceptors (Lipinski definition) is 3. The Morgan fingerprint density at radius 2 is 1.87 bits per heavy atom. The lowest BCUT2D eigenvalue weighted by Crippen LogP contribution is -2.08. The molecule has 1 aromatic heterocycles. The minimum Gasteiger partial charge on any atom is -0.372 e. The molecule has 0 saturated heterocycles. The Bertz CT molecular complexity index is 738. The molecule has 0 aliphatic carbocycles. The van der Waals surface area contributed by atoms with Crippen molar-refractivity contribution in [3.05, 3.63) is 77.9 Å². The largest absolute Gasteiger partial charge is 0.372 e. The lowest BCUT2D eigenvalue weighted by Gasteiger charge is -2.14. The molecule has 0 aliphatic rings. The average Bonchev–Trinajstić information content (AvgIpc) is 3.10. The third kappa shape index (κ3) is 3.66. The van der Waals surface area contributed by atoms with Crippen molar-refractivity contribution < 1.29 is 13.7 Å². The Morgan fingerprint density at radius 1 is 1.09 bits per heavy atom. The first kappa shape index (κ1) is 15.4. The van der Waals surface area contributed by atoms with Crippen LogP contribution in [0.15, 0.2) is 65.4 Å². The van der Waals surface area contributed by atoms with Crippen LogP contribution in [0.4, 0.5) is 4.39 Å². The van der Waals surface area contributed by atoms with E-state index in [4.69, 9.17) is 9.26 Å². The van der Waals surface area contributed by atoms with Gasteiger partial charge < -0.3 is 9.26 Å². The highest BCUT2D eigenvalue weighted by Gasteiger charge is 2.15. The fourth-order valence-electron chi connectivity index (χ4n) is 2.57. The van der Waals surface area contributed by atoms with Crippen molar-refractivity contribution in [3.63, 3.8) is 0 Å². The summed E-state index contributed by atoms with van der Waals surface area (Å²) in [7, 11) is 0. The van der Waals surface area contributed by atoms with Gasteiger partial charge in [0.1, 0.15) is 23.9 Å². The smallest absolute Gasteiger partial charge is 0.131 e. The number of ether oxygens (including phenoxy) is 1. The zero-order valence-electron chi connectivity index (χ0n) is 12.9. The zero-order valence-corrected chi connectivity index (χ0v) is 12.9. The molecular weight excluding hydrogens is 293 g/mol. The van der Waals surface area contributed by atoms with Crippen LogP contribution >= 0.6 is 0 Å². The van der Waals surface area contributed by atoms with Crippen molar-refractivity contribution in [2.45, 2.75) is 19.4 Å². The van der Waals surface area contributed by atoms with E-state index in [0.717, 1.165) is 16.8 Å². The second-order valence-electron chi connectivity index (χ2n) is 5.25. The molecular formula is C19H18FNO2. The first-order valence-corrected chi connectivity index (χ1v) is 7.63. The highest BCUT2D eigenvalue weighted by molar-refractivity contribution is 5.64. The van der Waals surface area contributed by atoms with Crippen LogP contribution in [-0.2, 0) is 11.2 Å². The second kappa shape index (κ2) is 7.20. The Morgan fingerprint density at radius 3 is 2.52 bits per heavy atom. The van der Waals surface area contributed by atoms with Gasteiger partial charge in [0, 0.05) is 24.7 Å². The summed E-state index contributed by atoms with van der Waals surface area (Å²) < 4.78 is 24.5. The van der Waals surface area contributed by atoms with Crippen LogP contribution in [0.5, 0.6) is 0 Å². The van der Waals surface area contributed by atoms with Gasteiger partial charge in [-0.1, -0.05) is 47.6 Å². The summed E-state index contributed by atoms with van der Waals surface area (Å²) in [6, 6.07) is 16.4. The van der Waals surface area contributed by atoms with Gasteiger partial charge in [-0.25, -0.2) is 4.39 Å². The van der Waals surface area contributed by atoms with Crippen molar-refractivity contribution in [2.24, 2.45) is 0 Å². The summed E-state index contributed by atoms with van der Waals surface area (Å²) >= 11 is 0. The number of rotatable bonds is 6. The Kier molecular flexibility index (Phi) is 4.83. The molecule has 4 heteroatoms. The summed E-state index contributed by atoms with van der Waals surface area (Å²) in [5.74, 6) is -0.213. The molecule has 0 bridgehead atoms. The van der Waals surface area contributed by atoms with Gasteiger partial charge in [0.2, 0.25) is 0 Å². The van der Waals surface area contributed by atoms with Crippen LogP contribution in [0.2, 0.25) is 0 Å². The van der Waals surface area contributed by atoms with Crippen molar-refractivity contribution >= 4 is 0 Å². The molecule has 23 heavy (non-hydrogen) atoms. The van der Waals surface area contributed by atoms with Crippen LogP contribution in [0, 0.1) is 5.82 Å². The summed E-state index contributed by atoms with van der Waals surface area (Å²) in [4.78, 5) is 0. The van der Waals surface area contributed by atoms with Crippen LogP contribution < -0.4 is 0 Å². The van der Waals surface area contributed by atoms with Crippen LogP contribution in [-0.4, -0.2) is 11.8 Å². The lowest BCUT2D eigenvalue weighted by molar-refractivity contribution is 0.0574. The van der Waals surface area contributed by atoms with E-state index in [9.17, 15) is 4.39 Å². The molecule has 1 atom stereocenters. The van der Waals surface area contributed by atoms with Crippen molar-refractivity contribution in [1.29, 1.82) is 0 Å². The highest BCUT2D eigenvalue weighted by Crippen LogP contribution is 2.25. The average molecular weight is 311 g/mol. The SMILES string of the molecule is CCOC(Cc1ccc(-c2ccccc2F)cc1)c1ccon1. The molecule has 0 aliphatic heterocycles. The molecule has 0 radical (unpaired) electrons. The van der Waals surface area contributed by atoms with Crippen molar-refractivity contribution in [1.82, 2.24) is 5.16 Å². The van der Waals surface area contributed by atoms with Gasteiger partial charge in [-0.2, -0.15) is 0 Å². The van der Waals surface area contributed by atoms with Gasteiger partial charge in [-0.15, -0.1) is 0 Å². The predicted octanol–water partition coefficient (Wildman–Crippen LogP) is 4.80. The normalized spacial score (nSPS) is 12.3. The maximum Gasteiger partial charge on any atom is 0.131 e. The number of nitrogens with zero attached hydrogens (tertiary/aromatic N) is 1. The molecule has 1 unspecified atom stereocenters. The summed E-state index contributed by atoms with van der Waals surface area (Å²) in [5.41, 5.74) is 3.36. The maximum absolute atomic E-state index is 13.8. The van der Waals surface area contributed by atoms with Gasteiger partial charge in [0.15, 0.2) is 0 Å². The first-order chi connectivity index (χ1) is 11.3. The minimum absolute atomic E-state index is 0.141. The predicted molar refractivity (Wildman–Crippen MR) is 86.4 cm³/mol.